The molecule has 6 nitrogen and oxygen atoms in total. The van der Waals surface area contributed by atoms with E-state index in [0.29, 0.717) is 13.1 Å². The summed E-state index contributed by atoms with van der Waals surface area (Å²) in [5.74, 6) is 0.749. The lowest BCUT2D eigenvalue weighted by molar-refractivity contribution is -0.117. The first-order chi connectivity index (χ1) is 10.2. The molecule has 1 heterocycles. The molecule has 0 saturated carbocycles. The number of carbonyl (C=O) groups excluding carboxylic acids is 1. The van der Waals surface area contributed by atoms with Crippen molar-refractivity contribution in [2.45, 2.75) is 0 Å². The Kier molecular flexibility index (Phi) is 5.98. The second kappa shape index (κ2) is 7.97. The zero-order valence-corrected chi connectivity index (χ0v) is 12.5. The third-order valence-corrected chi connectivity index (χ3v) is 3.63. The van der Waals surface area contributed by atoms with Crippen LogP contribution in [0, 0.1) is 0 Å². The van der Waals surface area contributed by atoms with Gasteiger partial charge >= 0.3 is 0 Å². The largest absolute Gasteiger partial charge is 0.497 e. The van der Waals surface area contributed by atoms with Crippen LogP contribution in [0.4, 0.5) is 5.69 Å². The van der Waals surface area contributed by atoms with Crippen molar-refractivity contribution >= 4 is 11.6 Å². The predicted octanol–water partition coefficient (Wildman–Crippen LogP) is 0.210. The molecule has 6 heteroatoms. The molecule has 0 radical (unpaired) electrons. The average Bonchev–Trinajstić information content (AvgIpc) is 2.49. The molecule has 0 aliphatic carbocycles. The van der Waals surface area contributed by atoms with Gasteiger partial charge in [-0.15, -0.1) is 0 Å². The van der Waals surface area contributed by atoms with Crippen molar-refractivity contribution in [3.05, 3.63) is 24.3 Å². The number of benzene rings is 1. The minimum atomic E-state index is 0.00975. The Morgan fingerprint density at radius 1 is 1.29 bits per heavy atom. The zero-order chi connectivity index (χ0) is 15.1. The van der Waals surface area contributed by atoms with Gasteiger partial charge in [0.25, 0.3) is 0 Å². The second-order valence-corrected chi connectivity index (χ2v) is 5.19. The van der Waals surface area contributed by atoms with E-state index in [1.165, 1.54) is 0 Å². The Balaban J connectivity index is 1.77. The Morgan fingerprint density at radius 3 is 2.67 bits per heavy atom. The molecule has 0 atom stereocenters. The number of ether oxygens (including phenoxy) is 1. The number of nitrogens with zero attached hydrogens (tertiary/aromatic N) is 2. The topological polar surface area (TPSA) is 70.8 Å². The fourth-order valence-electron chi connectivity index (χ4n) is 2.46. The maximum absolute atomic E-state index is 12.1. The summed E-state index contributed by atoms with van der Waals surface area (Å²) in [4.78, 5) is 16.6. The SMILES string of the molecule is COc1cccc(NC(=O)CN2CCN(CCN)CC2)c1. The van der Waals surface area contributed by atoms with Crippen molar-refractivity contribution in [2.75, 3.05) is 58.2 Å². The Labute approximate surface area is 125 Å². The smallest absolute Gasteiger partial charge is 0.238 e. The number of hydrogen-bond acceptors (Lipinski definition) is 5. The standard InChI is InChI=1S/C15H24N4O2/c1-21-14-4-2-3-13(11-14)17-15(20)12-19-9-7-18(6-5-16)8-10-19/h2-4,11H,5-10,12,16H2,1H3,(H,17,20). The highest BCUT2D eigenvalue weighted by Crippen LogP contribution is 2.16. The summed E-state index contributed by atoms with van der Waals surface area (Å²) in [5.41, 5.74) is 6.32. The van der Waals surface area contributed by atoms with E-state index in [1.807, 2.05) is 24.3 Å². The molecule has 1 aromatic carbocycles. The van der Waals surface area contributed by atoms with Crippen LogP contribution in [0.3, 0.4) is 0 Å². The van der Waals surface area contributed by atoms with Gasteiger partial charge in [0.2, 0.25) is 5.91 Å². The molecule has 0 aromatic heterocycles. The van der Waals surface area contributed by atoms with Gasteiger partial charge in [-0.1, -0.05) is 6.07 Å². The average molecular weight is 292 g/mol. The number of rotatable bonds is 6. The molecular weight excluding hydrogens is 268 g/mol. The molecule has 1 aliphatic rings. The van der Waals surface area contributed by atoms with E-state index in [2.05, 4.69) is 15.1 Å². The molecule has 3 N–H and O–H groups in total. The number of methoxy groups -OCH3 is 1. The summed E-state index contributed by atoms with van der Waals surface area (Å²) < 4.78 is 5.14. The van der Waals surface area contributed by atoms with Crippen LogP contribution in [-0.2, 0) is 4.79 Å². The molecule has 1 saturated heterocycles. The van der Waals surface area contributed by atoms with Gasteiger partial charge in [-0.3, -0.25) is 14.6 Å². The van der Waals surface area contributed by atoms with Gasteiger partial charge in [0, 0.05) is 51.0 Å². The molecule has 0 unspecified atom stereocenters. The first-order valence-electron chi connectivity index (χ1n) is 7.30. The van der Waals surface area contributed by atoms with Crippen molar-refractivity contribution in [3.8, 4) is 5.75 Å². The summed E-state index contributed by atoms with van der Waals surface area (Å²) in [6.07, 6.45) is 0. The first-order valence-corrected chi connectivity index (χ1v) is 7.30. The number of anilines is 1. The highest BCUT2D eigenvalue weighted by atomic mass is 16.5. The summed E-state index contributed by atoms with van der Waals surface area (Å²) >= 11 is 0. The van der Waals surface area contributed by atoms with Crippen LogP contribution in [0.2, 0.25) is 0 Å². The van der Waals surface area contributed by atoms with E-state index in [1.54, 1.807) is 7.11 Å². The van der Waals surface area contributed by atoms with E-state index in [4.69, 9.17) is 10.5 Å². The van der Waals surface area contributed by atoms with Crippen LogP contribution in [-0.4, -0.2) is 68.6 Å². The quantitative estimate of drug-likeness (QED) is 0.784. The van der Waals surface area contributed by atoms with Crippen molar-refractivity contribution < 1.29 is 9.53 Å². The fraction of sp³-hybridized carbons (Fsp3) is 0.533. The molecular formula is C15H24N4O2. The lowest BCUT2D eigenvalue weighted by atomic mass is 10.3. The maximum Gasteiger partial charge on any atom is 0.238 e. The maximum atomic E-state index is 12.1. The third kappa shape index (κ3) is 5.00. The van der Waals surface area contributed by atoms with Gasteiger partial charge in [-0.25, -0.2) is 0 Å². The summed E-state index contributed by atoms with van der Waals surface area (Å²) in [6.45, 7) is 5.82. The predicted molar refractivity (Wildman–Crippen MR) is 83.6 cm³/mol. The molecule has 116 valence electrons. The molecule has 1 fully saturated rings. The number of nitrogens with two attached hydrogens (primary N) is 1. The number of hydrogen-bond donors (Lipinski definition) is 2. The Hall–Kier alpha value is -1.63. The fourth-order valence-corrected chi connectivity index (χ4v) is 2.46. The minimum Gasteiger partial charge on any atom is -0.497 e. The number of nitrogens with one attached hydrogen (secondary N) is 1. The molecule has 0 spiro atoms. The van der Waals surface area contributed by atoms with Crippen LogP contribution >= 0.6 is 0 Å². The van der Waals surface area contributed by atoms with Crippen molar-refractivity contribution in [1.82, 2.24) is 9.80 Å². The molecule has 1 aliphatic heterocycles. The highest BCUT2D eigenvalue weighted by molar-refractivity contribution is 5.92. The van der Waals surface area contributed by atoms with Crippen LogP contribution in [0.15, 0.2) is 24.3 Å². The van der Waals surface area contributed by atoms with Gasteiger partial charge in [-0.05, 0) is 12.1 Å². The monoisotopic (exact) mass is 292 g/mol. The third-order valence-electron chi connectivity index (χ3n) is 3.63. The van der Waals surface area contributed by atoms with E-state index >= 15 is 0 Å². The van der Waals surface area contributed by atoms with E-state index in [9.17, 15) is 4.79 Å². The van der Waals surface area contributed by atoms with Gasteiger partial charge < -0.3 is 15.8 Å². The first kappa shape index (κ1) is 15.8. The van der Waals surface area contributed by atoms with Gasteiger partial charge in [0.05, 0.1) is 13.7 Å². The van der Waals surface area contributed by atoms with Crippen molar-refractivity contribution in [1.29, 1.82) is 0 Å². The van der Waals surface area contributed by atoms with Crippen molar-refractivity contribution in [3.63, 3.8) is 0 Å². The summed E-state index contributed by atoms with van der Waals surface area (Å²) in [5, 5.41) is 2.91. The van der Waals surface area contributed by atoms with Gasteiger partial charge in [-0.2, -0.15) is 0 Å². The van der Waals surface area contributed by atoms with Crippen LogP contribution in [0.1, 0.15) is 0 Å². The van der Waals surface area contributed by atoms with Crippen LogP contribution in [0.25, 0.3) is 0 Å². The highest BCUT2D eigenvalue weighted by Gasteiger charge is 2.18. The van der Waals surface area contributed by atoms with Gasteiger partial charge in [0.15, 0.2) is 0 Å². The van der Waals surface area contributed by atoms with Crippen LogP contribution < -0.4 is 15.8 Å². The summed E-state index contributed by atoms with van der Waals surface area (Å²) in [7, 11) is 1.61. The number of amides is 1. The van der Waals surface area contributed by atoms with Gasteiger partial charge in [0.1, 0.15) is 5.75 Å². The molecule has 1 aromatic rings. The van der Waals surface area contributed by atoms with Crippen LogP contribution in [0.5, 0.6) is 5.75 Å². The lowest BCUT2D eigenvalue weighted by Crippen LogP contribution is -2.49. The number of piperazine rings is 1. The zero-order valence-electron chi connectivity index (χ0n) is 12.5. The molecule has 1 amide bonds. The molecule has 2 rings (SSSR count). The Morgan fingerprint density at radius 2 is 2.00 bits per heavy atom. The van der Waals surface area contributed by atoms with E-state index < -0.39 is 0 Å². The lowest BCUT2D eigenvalue weighted by Gasteiger charge is -2.33. The Bertz CT molecular complexity index is 459. The van der Waals surface area contributed by atoms with E-state index in [-0.39, 0.29) is 5.91 Å². The molecule has 21 heavy (non-hydrogen) atoms. The normalized spacial score (nSPS) is 16.7. The van der Waals surface area contributed by atoms with E-state index in [0.717, 1.165) is 44.2 Å². The number of carbonyl (C=O) groups is 1. The molecule has 0 bridgehead atoms. The second-order valence-electron chi connectivity index (χ2n) is 5.19. The van der Waals surface area contributed by atoms with Crippen molar-refractivity contribution in [2.24, 2.45) is 5.73 Å². The minimum absolute atomic E-state index is 0.00975. The summed E-state index contributed by atoms with van der Waals surface area (Å²) in [6, 6.07) is 7.39.